The fraction of sp³-hybridized carbons (Fsp3) is 0.286. The van der Waals surface area contributed by atoms with Crippen LogP contribution >= 0.6 is 0 Å². The topological polar surface area (TPSA) is 59.0 Å². The van der Waals surface area contributed by atoms with E-state index in [0.29, 0.717) is 0 Å². The zero-order chi connectivity index (χ0) is 13.4. The van der Waals surface area contributed by atoms with Crippen LogP contribution in [0.3, 0.4) is 0 Å². The van der Waals surface area contributed by atoms with E-state index in [4.69, 9.17) is 0 Å². The molecule has 0 fully saturated rings. The van der Waals surface area contributed by atoms with Gasteiger partial charge in [-0.15, -0.1) is 0 Å². The lowest BCUT2D eigenvalue weighted by Gasteiger charge is -2.25. The number of fused-ring (bicyclic) bond motifs is 1. The molecule has 0 aliphatic carbocycles. The summed E-state index contributed by atoms with van der Waals surface area (Å²) in [5.41, 5.74) is 2.66. The first kappa shape index (κ1) is 11.8. The molecule has 2 heterocycles. The van der Waals surface area contributed by atoms with Crippen molar-refractivity contribution in [1.82, 2.24) is 9.78 Å². The van der Waals surface area contributed by atoms with Gasteiger partial charge in [-0.2, -0.15) is 5.10 Å². The lowest BCUT2D eigenvalue weighted by atomic mass is 10.0. The molecule has 1 aromatic heterocycles. The van der Waals surface area contributed by atoms with Crippen LogP contribution in [0.5, 0.6) is 0 Å². The summed E-state index contributed by atoms with van der Waals surface area (Å²) in [4.78, 5) is 12.2. The SMILES string of the molecule is CCc1nn(C)c2c1NC(=O)C(c1ccccc1)N2. The molecule has 0 saturated heterocycles. The van der Waals surface area contributed by atoms with Crippen molar-refractivity contribution in [2.45, 2.75) is 19.4 Å². The van der Waals surface area contributed by atoms with Crippen molar-refractivity contribution in [2.24, 2.45) is 7.05 Å². The highest BCUT2D eigenvalue weighted by Gasteiger charge is 2.30. The van der Waals surface area contributed by atoms with Gasteiger partial charge in [0.25, 0.3) is 5.91 Å². The number of carbonyl (C=O) groups is 1. The van der Waals surface area contributed by atoms with Gasteiger partial charge >= 0.3 is 0 Å². The molecule has 1 aliphatic heterocycles. The molecule has 1 amide bonds. The van der Waals surface area contributed by atoms with Crippen molar-refractivity contribution in [3.8, 4) is 0 Å². The Labute approximate surface area is 111 Å². The van der Waals surface area contributed by atoms with E-state index in [0.717, 1.165) is 29.2 Å². The second kappa shape index (κ2) is 4.42. The maximum Gasteiger partial charge on any atom is 0.251 e. The zero-order valence-electron chi connectivity index (χ0n) is 11.0. The minimum Gasteiger partial charge on any atom is -0.353 e. The molecular formula is C14H16N4O. The molecule has 3 rings (SSSR count). The Balaban J connectivity index is 2.01. The van der Waals surface area contributed by atoms with Gasteiger partial charge in [-0.3, -0.25) is 9.48 Å². The van der Waals surface area contributed by atoms with Crippen molar-refractivity contribution < 1.29 is 4.79 Å². The van der Waals surface area contributed by atoms with E-state index < -0.39 is 0 Å². The van der Waals surface area contributed by atoms with Crippen LogP contribution < -0.4 is 10.6 Å². The lowest BCUT2D eigenvalue weighted by molar-refractivity contribution is -0.117. The number of carbonyl (C=O) groups excluding carboxylic acids is 1. The highest BCUT2D eigenvalue weighted by Crippen LogP contribution is 2.34. The fourth-order valence-electron chi connectivity index (χ4n) is 2.40. The normalized spacial score (nSPS) is 17.6. The number of rotatable bonds is 2. The standard InChI is InChI=1S/C14H16N4O/c1-3-10-12-13(18(2)17-10)15-11(14(19)16-12)9-7-5-4-6-8-9/h4-8,11,15H,3H2,1-2H3,(H,16,19). The molecule has 19 heavy (non-hydrogen) atoms. The number of anilines is 2. The minimum absolute atomic E-state index is 0.0404. The average molecular weight is 256 g/mol. The van der Waals surface area contributed by atoms with E-state index in [1.165, 1.54) is 0 Å². The van der Waals surface area contributed by atoms with Crippen LogP contribution in [-0.4, -0.2) is 15.7 Å². The third-order valence-corrected chi connectivity index (χ3v) is 3.38. The molecule has 0 spiro atoms. The molecule has 1 aliphatic rings. The van der Waals surface area contributed by atoms with Crippen LogP contribution in [0.4, 0.5) is 11.5 Å². The Hall–Kier alpha value is -2.30. The van der Waals surface area contributed by atoms with Crippen LogP contribution in [0.2, 0.25) is 0 Å². The molecule has 0 bridgehead atoms. The number of amides is 1. The van der Waals surface area contributed by atoms with Gasteiger partial charge < -0.3 is 10.6 Å². The van der Waals surface area contributed by atoms with E-state index >= 15 is 0 Å². The molecule has 2 N–H and O–H groups in total. The molecule has 1 atom stereocenters. The largest absolute Gasteiger partial charge is 0.353 e. The van der Waals surface area contributed by atoms with Crippen LogP contribution in [0, 0.1) is 0 Å². The molecule has 0 radical (unpaired) electrons. The van der Waals surface area contributed by atoms with Crippen molar-refractivity contribution >= 4 is 17.4 Å². The Morgan fingerprint density at radius 3 is 2.74 bits per heavy atom. The second-order valence-corrected chi connectivity index (χ2v) is 4.62. The molecule has 5 nitrogen and oxygen atoms in total. The van der Waals surface area contributed by atoms with E-state index in [1.54, 1.807) is 4.68 Å². The number of aromatic nitrogens is 2. The van der Waals surface area contributed by atoms with E-state index in [2.05, 4.69) is 15.7 Å². The number of nitrogens with zero attached hydrogens (tertiary/aromatic N) is 2. The Morgan fingerprint density at radius 2 is 2.05 bits per heavy atom. The van der Waals surface area contributed by atoms with Gasteiger partial charge in [-0.25, -0.2) is 0 Å². The third-order valence-electron chi connectivity index (χ3n) is 3.38. The lowest BCUT2D eigenvalue weighted by Crippen LogP contribution is -2.32. The predicted molar refractivity (Wildman–Crippen MR) is 74.0 cm³/mol. The summed E-state index contributed by atoms with van der Waals surface area (Å²) in [6, 6.07) is 9.32. The first-order chi connectivity index (χ1) is 9.20. The summed E-state index contributed by atoms with van der Waals surface area (Å²) >= 11 is 0. The Kier molecular flexibility index (Phi) is 2.74. The molecule has 0 saturated carbocycles. The van der Waals surface area contributed by atoms with Crippen molar-refractivity contribution in [3.63, 3.8) is 0 Å². The molecule has 2 aromatic rings. The molecule has 1 aromatic carbocycles. The van der Waals surface area contributed by atoms with E-state index in [9.17, 15) is 4.79 Å². The van der Waals surface area contributed by atoms with Gasteiger partial charge in [0.15, 0.2) is 0 Å². The van der Waals surface area contributed by atoms with Gasteiger partial charge in [0.2, 0.25) is 0 Å². The average Bonchev–Trinajstić information content (AvgIpc) is 2.75. The summed E-state index contributed by atoms with van der Waals surface area (Å²) in [5, 5.41) is 10.7. The summed E-state index contributed by atoms with van der Waals surface area (Å²) in [6.07, 6.45) is 0.793. The maximum absolute atomic E-state index is 12.2. The molecular weight excluding hydrogens is 240 g/mol. The summed E-state index contributed by atoms with van der Waals surface area (Å²) in [7, 11) is 1.88. The first-order valence-electron chi connectivity index (χ1n) is 6.39. The van der Waals surface area contributed by atoms with Crippen molar-refractivity contribution in [3.05, 3.63) is 41.6 Å². The second-order valence-electron chi connectivity index (χ2n) is 4.62. The first-order valence-corrected chi connectivity index (χ1v) is 6.39. The summed E-state index contributed by atoms with van der Waals surface area (Å²) in [5.74, 6) is 0.826. The van der Waals surface area contributed by atoms with Gasteiger partial charge in [0.1, 0.15) is 17.5 Å². The van der Waals surface area contributed by atoms with Gasteiger partial charge in [0.05, 0.1) is 5.69 Å². The predicted octanol–water partition coefficient (Wildman–Crippen LogP) is 2.09. The highest BCUT2D eigenvalue weighted by molar-refractivity contribution is 6.03. The van der Waals surface area contributed by atoms with Crippen LogP contribution in [0.1, 0.15) is 24.2 Å². The monoisotopic (exact) mass is 256 g/mol. The number of hydrogen-bond donors (Lipinski definition) is 2. The number of hydrogen-bond acceptors (Lipinski definition) is 3. The smallest absolute Gasteiger partial charge is 0.251 e. The number of benzene rings is 1. The maximum atomic E-state index is 12.2. The van der Waals surface area contributed by atoms with Crippen LogP contribution in [0.15, 0.2) is 30.3 Å². The third kappa shape index (κ3) is 1.87. The number of aryl methyl sites for hydroxylation is 2. The van der Waals surface area contributed by atoms with Gasteiger partial charge in [0, 0.05) is 7.05 Å². The number of nitrogens with one attached hydrogen (secondary N) is 2. The summed E-state index contributed by atoms with van der Waals surface area (Å²) in [6.45, 7) is 2.03. The van der Waals surface area contributed by atoms with Crippen molar-refractivity contribution in [2.75, 3.05) is 10.6 Å². The van der Waals surface area contributed by atoms with Crippen LogP contribution in [-0.2, 0) is 18.3 Å². The van der Waals surface area contributed by atoms with Gasteiger partial charge in [-0.05, 0) is 12.0 Å². The quantitative estimate of drug-likeness (QED) is 0.865. The van der Waals surface area contributed by atoms with E-state index in [-0.39, 0.29) is 11.9 Å². The Bertz CT molecular complexity index is 618. The molecule has 1 unspecified atom stereocenters. The van der Waals surface area contributed by atoms with Crippen molar-refractivity contribution in [1.29, 1.82) is 0 Å². The Morgan fingerprint density at radius 1 is 1.32 bits per heavy atom. The molecule has 5 heteroatoms. The minimum atomic E-state index is -0.367. The highest BCUT2D eigenvalue weighted by atomic mass is 16.2. The van der Waals surface area contributed by atoms with E-state index in [1.807, 2.05) is 44.3 Å². The zero-order valence-corrected chi connectivity index (χ0v) is 11.0. The van der Waals surface area contributed by atoms with Gasteiger partial charge in [-0.1, -0.05) is 37.3 Å². The summed E-state index contributed by atoms with van der Waals surface area (Å²) < 4.78 is 1.78. The molecule has 98 valence electrons. The fourth-order valence-corrected chi connectivity index (χ4v) is 2.40. The van der Waals surface area contributed by atoms with Crippen LogP contribution in [0.25, 0.3) is 0 Å².